The molecule has 152 valence electrons. The zero-order chi connectivity index (χ0) is 18.5. The summed E-state index contributed by atoms with van der Waals surface area (Å²) in [7, 11) is 0. The SMILES string of the molecule is I.NC(=NCC(c1cccs1)N1CCOCC1)Nc1cccc2c1CCCC2. The van der Waals surface area contributed by atoms with Crippen molar-refractivity contribution >= 4 is 47.0 Å². The summed E-state index contributed by atoms with van der Waals surface area (Å²) in [5, 5.41) is 5.49. The van der Waals surface area contributed by atoms with Crippen LogP contribution in [0.1, 0.15) is 34.9 Å². The third-order valence-corrected chi connectivity index (χ3v) is 6.42. The maximum Gasteiger partial charge on any atom is 0.193 e. The molecule has 0 spiro atoms. The maximum atomic E-state index is 6.27. The van der Waals surface area contributed by atoms with Crippen LogP contribution in [-0.2, 0) is 17.6 Å². The lowest BCUT2D eigenvalue weighted by atomic mass is 9.90. The van der Waals surface area contributed by atoms with Crippen molar-refractivity contribution in [3.8, 4) is 0 Å². The molecule has 1 aromatic carbocycles. The minimum absolute atomic E-state index is 0. The molecule has 1 atom stereocenters. The number of morpholine rings is 1. The number of nitrogens with two attached hydrogens (primary N) is 1. The Kier molecular flexibility index (Phi) is 8.13. The molecule has 2 aromatic rings. The molecule has 2 heterocycles. The van der Waals surface area contributed by atoms with Crippen LogP contribution < -0.4 is 11.1 Å². The van der Waals surface area contributed by atoms with Gasteiger partial charge in [0.15, 0.2) is 5.96 Å². The third-order valence-electron chi connectivity index (χ3n) is 5.45. The van der Waals surface area contributed by atoms with Gasteiger partial charge in [0.25, 0.3) is 0 Å². The highest BCUT2D eigenvalue weighted by atomic mass is 127. The van der Waals surface area contributed by atoms with Crippen LogP contribution >= 0.6 is 35.3 Å². The van der Waals surface area contributed by atoms with E-state index in [1.807, 2.05) is 0 Å². The fourth-order valence-electron chi connectivity index (χ4n) is 4.02. The van der Waals surface area contributed by atoms with E-state index in [9.17, 15) is 0 Å². The van der Waals surface area contributed by atoms with Crippen LogP contribution in [-0.4, -0.2) is 43.7 Å². The van der Waals surface area contributed by atoms with E-state index in [1.165, 1.54) is 35.3 Å². The van der Waals surface area contributed by atoms with E-state index in [1.54, 1.807) is 11.3 Å². The van der Waals surface area contributed by atoms with E-state index in [0.29, 0.717) is 12.5 Å². The van der Waals surface area contributed by atoms with Gasteiger partial charge < -0.3 is 15.8 Å². The van der Waals surface area contributed by atoms with Crippen molar-refractivity contribution in [2.75, 3.05) is 38.2 Å². The fourth-order valence-corrected chi connectivity index (χ4v) is 4.87. The molecule has 1 unspecified atom stereocenters. The minimum atomic E-state index is 0. The Balaban J connectivity index is 0.00000225. The normalized spacial score (nSPS) is 18.8. The molecule has 0 amide bonds. The van der Waals surface area contributed by atoms with Gasteiger partial charge in [0, 0.05) is 23.7 Å². The number of anilines is 1. The lowest BCUT2D eigenvalue weighted by molar-refractivity contribution is 0.0187. The number of hydrogen-bond donors (Lipinski definition) is 2. The topological polar surface area (TPSA) is 62.9 Å². The molecule has 1 aliphatic heterocycles. The Morgan fingerprint density at radius 3 is 2.79 bits per heavy atom. The number of aryl methyl sites for hydroxylation is 1. The van der Waals surface area contributed by atoms with E-state index in [-0.39, 0.29) is 30.0 Å². The summed E-state index contributed by atoms with van der Waals surface area (Å²) < 4.78 is 5.51. The van der Waals surface area contributed by atoms with Gasteiger partial charge in [0.05, 0.1) is 25.8 Å². The van der Waals surface area contributed by atoms with Gasteiger partial charge in [-0.1, -0.05) is 18.2 Å². The predicted molar refractivity (Wildman–Crippen MR) is 128 cm³/mol. The van der Waals surface area contributed by atoms with Crippen molar-refractivity contribution < 1.29 is 4.74 Å². The van der Waals surface area contributed by atoms with E-state index in [2.05, 4.69) is 45.9 Å². The standard InChI is InChI=1S/C21H28N4OS.HI/c22-21(24-18-8-3-6-16-5-1-2-7-17(16)18)23-15-19(20-9-4-14-27-20)25-10-12-26-13-11-25;/h3-4,6,8-9,14,19H,1-2,5,7,10-13,15H2,(H3,22,23,24);1H. The van der Waals surface area contributed by atoms with Crippen molar-refractivity contribution in [2.24, 2.45) is 10.7 Å². The Morgan fingerprint density at radius 1 is 1.18 bits per heavy atom. The number of fused-ring (bicyclic) bond motifs is 1. The number of aliphatic imine (C=N–C) groups is 1. The highest BCUT2D eigenvalue weighted by Crippen LogP contribution is 2.28. The molecule has 0 radical (unpaired) electrons. The minimum Gasteiger partial charge on any atom is -0.379 e. The van der Waals surface area contributed by atoms with Gasteiger partial charge >= 0.3 is 0 Å². The Morgan fingerprint density at radius 2 is 2.00 bits per heavy atom. The largest absolute Gasteiger partial charge is 0.379 e. The summed E-state index contributed by atoms with van der Waals surface area (Å²) in [6.07, 6.45) is 4.82. The number of ether oxygens (including phenoxy) is 1. The number of halogens is 1. The van der Waals surface area contributed by atoms with Gasteiger partial charge in [-0.05, 0) is 54.3 Å². The first-order chi connectivity index (χ1) is 13.3. The summed E-state index contributed by atoms with van der Waals surface area (Å²) in [5.74, 6) is 0.504. The second-order valence-electron chi connectivity index (χ2n) is 7.18. The molecular formula is C21H29IN4OS. The molecule has 1 fully saturated rings. The summed E-state index contributed by atoms with van der Waals surface area (Å²) in [6, 6.07) is 11.0. The van der Waals surface area contributed by atoms with Crippen LogP contribution in [0, 0.1) is 0 Å². The van der Waals surface area contributed by atoms with E-state index in [0.717, 1.165) is 38.4 Å². The van der Waals surface area contributed by atoms with Crippen molar-refractivity contribution in [1.29, 1.82) is 0 Å². The van der Waals surface area contributed by atoms with Gasteiger partial charge in [0.1, 0.15) is 0 Å². The van der Waals surface area contributed by atoms with E-state index < -0.39 is 0 Å². The summed E-state index contributed by atoms with van der Waals surface area (Å²) in [6.45, 7) is 4.12. The van der Waals surface area contributed by atoms with Crippen molar-refractivity contribution in [3.05, 3.63) is 51.7 Å². The molecule has 4 rings (SSSR count). The number of thiophene rings is 1. The van der Waals surface area contributed by atoms with Gasteiger partial charge in [-0.3, -0.25) is 9.89 Å². The first-order valence-corrected chi connectivity index (χ1v) is 10.7. The number of hydrogen-bond acceptors (Lipinski definition) is 4. The van der Waals surface area contributed by atoms with Crippen LogP contribution in [0.5, 0.6) is 0 Å². The average molecular weight is 512 g/mol. The van der Waals surface area contributed by atoms with E-state index in [4.69, 9.17) is 15.5 Å². The van der Waals surface area contributed by atoms with Gasteiger partial charge in [-0.2, -0.15) is 0 Å². The number of benzene rings is 1. The van der Waals surface area contributed by atoms with Crippen LogP contribution in [0.4, 0.5) is 5.69 Å². The Hall–Kier alpha value is -1.16. The molecule has 7 heteroatoms. The zero-order valence-electron chi connectivity index (χ0n) is 16.1. The third kappa shape index (κ3) is 5.25. The second kappa shape index (κ2) is 10.6. The van der Waals surface area contributed by atoms with Crippen LogP contribution in [0.25, 0.3) is 0 Å². The monoisotopic (exact) mass is 512 g/mol. The Labute approximate surface area is 188 Å². The van der Waals surface area contributed by atoms with Crippen molar-refractivity contribution in [1.82, 2.24) is 4.90 Å². The molecule has 5 nitrogen and oxygen atoms in total. The Bertz CT molecular complexity index is 775. The van der Waals surface area contributed by atoms with E-state index >= 15 is 0 Å². The average Bonchev–Trinajstić information content (AvgIpc) is 3.24. The van der Waals surface area contributed by atoms with Crippen LogP contribution in [0.3, 0.4) is 0 Å². The molecule has 28 heavy (non-hydrogen) atoms. The lowest BCUT2D eigenvalue weighted by Gasteiger charge is -2.33. The fraction of sp³-hybridized carbons (Fsp3) is 0.476. The molecule has 0 saturated carbocycles. The number of nitrogens with zero attached hydrogens (tertiary/aromatic N) is 2. The van der Waals surface area contributed by atoms with Crippen molar-refractivity contribution in [2.45, 2.75) is 31.7 Å². The molecular weight excluding hydrogens is 483 g/mol. The van der Waals surface area contributed by atoms with Crippen LogP contribution in [0.15, 0.2) is 40.7 Å². The lowest BCUT2D eigenvalue weighted by Crippen LogP contribution is -2.40. The summed E-state index contributed by atoms with van der Waals surface area (Å²) in [4.78, 5) is 8.50. The number of guanidine groups is 1. The molecule has 3 N–H and O–H groups in total. The first kappa shape index (κ1) is 21.5. The predicted octanol–water partition coefficient (Wildman–Crippen LogP) is 4.05. The molecule has 1 aromatic heterocycles. The first-order valence-electron chi connectivity index (χ1n) is 9.84. The maximum absolute atomic E-state index is 6.27. The van der Waals surface area contributed by atoms with Gasteiger partial charge in [0.2, 0.25) is 0 Å². The molecule has 1 saturated heterocycles. The second-order valence-corrected chi connectivity index (χ2v) is 8.16. The van der Waals surface area contributed by atoms with Crippen molar-refractivity contribution in [3.63, 3.8) is 0 Å². The molecule has 2 aliphatic rings. The quantitative estimate of drug-likeness (QED) is 0.361. The summed E-state index contributed by atoms with van der Waals surface area (Å²) in [5.41, 5.74) is 10.2. The zero-order valence-corrected chi connectivity index (χ0v) is 19.2. The summed E-state index contributed by atoms with van der Waals surface area (Å²) >= 11 is 1.79. The van der Waals surface area contributed by atoms with Gasteiger partial charge in [-0.15, -0.1) is 35.3 Å². The van der Waals surface area contributed by atoms with Crippen LogP contribution in [0.2, 0.25) is 0 Å². The smallest absolute Gasteiger partial charge is 0.193 e. The highest BCUT2D eigenvalue weighted by molar-refractivity contribution is 14.0. The molecule has 0 bridgehead atoms. The molecule has 1 aliphatic carbocycles. The highest BCUT2D eigenvalue weighted by Gasteiger charge is 2.23. The number of rotatable bonds is 5. The van der Waals surface area contributed by atoms with Gasteiger partial charge in [-0.25, -0.2) is 0 Å². The number of nitrogens with one attached hydrogen (secondary N) is 1.